The third kappa shape index (κ3) is 4.36. The fraction of sp³-hybridized carbons (Fsp3) is 0.333. The Bertz CT molecular complexity index is 485. The Kier molecular flexibility index (Phi) is 6.22. The second-order valence-electron chi connectivity index (χ2n) is 3.14. The smallest absolute Gasteiger partial charge is 0.211 e. The molecular formula is C9H9Br2Cl2NO2S. The van der Waals surface area contributed by atoms with Gasteiger partial charge in [0.1, 0.15) is 4.90 Å². The van der Waals surface area contributed by atoms with E-state index in [0.29, 0.717) is 17.4 Å². The van der Waals surface area contributed by atoms with Gasteiger partial charge in [-0.2, -0.15) is 0 Å². The molecule has 0 radical (unpaired) electrons. The van der Waals surface area contributed by atoms with Crippen LogP contribution in [-0.2, 0) is 10.0 Å². The summed E-state index contributed by atoms with van der Waals surface area (Å²) in [6.45, 7) is 0.330. The first kappa shape index (κ1) is 15.7. The lowest BCUT2D eigenvalue weighted by atomic mass is 10.4. The first-order chi connectivity index (χ1) is 7.88. The summed E-state index contributed by atoms with van der Waals surface area (Å²) in [5.74, 6) is 0. The van der Waals surface area contributed by atoms with Crippen molar-refractivity contribution in [2.24, 2.45) is 0 Å². The van der Waals surface area contributed by atoms with Crippen LogP contribution in [0.4, 0.5) is 0 Å². The number of hydrogen-bond acceptors (Lipinski definition) is 2. The summed E-state index contributed by atoms with van der Waals surface area (Å²) in [6, 6.07) is 2.99. The number of hydrogen-bond donors (Lipinski definition) is 1. The highest BCUT2D eigenvalue weighted by Gasteiger charge is 2.21. The van der Waals surface area contributed by atoms with Crippen LogP contribution in [0.1, 0.15) is 6.42 Å². The number of alkyl halides is 1. The standard InChI is InChI=1S/C9H9Br2Cl2NO2S/c10-2-1-3-14-17(15,16)9-7(12)4-6(11)5-8(9)13/h4-5,14H,1-3H2. The highest BCUT2D eigenvalue weighted by Crippen LogP contribution is 2.32. The van der Waals surface area contributed by atoms with Gasteiger partial charge >= 0.3 is 0 Å². The molecule has 0 aliphatic heterocycles. The third-order valence-electron chi connectivity index (χ3n) is 1.83. The van der Waals surface area contributed by atoms with E-state index in [0.717, 1.165) is 5.33 Å². The highest BCUT2D eigenvalue weighted by atomic mass is 79.9. The largest absolute Gasteiger partial charge is 0.243 e. The van der Waals surface area contributed by atoms with Crippen LogP contribution in [0.15, 0.2) is 21.5 Å². The van der Waals surface area contributed by atoms with Gasteiger partial charge in [0, 0.05) is 16.3 Å². The Morgan fingerprint density at radius 3 is 2.24 bits per heavy atom. The second-order valence-corrected chi connectivity index (χ2v) is 7.37. The molecule has 8 heteroatoms. The van der Waals surface area contributed by atoms with Gasteiger partial charge in [0.15, 0.2) is 0 Å². The minimum atomic E-state index is -3.67. The molecule has 0 fully saturated rings. The fourth-order valence-electron chi connectivity index (χ4n) is 1.13. The summed E-state index contributed by atoms with van der Waals surface area (Å²) in [5, 5.41) is 0.906. The lowest BCUT2D eigenvalue weighted by Crippen LogP contribution is -2.25. The summed E-state index contributed by atoms with van der Waals surface area (Å²) in [4.78, 5) is -0.0846. The van der Waals surface area contributed by atoms with Gasteiger partial charge in [-0.25, -0.2) is 13.1 Å². The summed E-state index contributed by atoms with van der Waals surface area (Å²) in [6.07, 6.45) is 0.686. The van der Waals surface area contributed by atoms with Gasteiger partial charge in [0.2, 0.25) is 10.0 Å². The summed E-state index contributed by atoms with van der Waals surface area (Å²) < 4.78 is 27.0. The predicted molar refractivity (Wildman–Crippen MR) is 77.8 cm³/mol. The van der Waals surface area contributed by atoms with E-state index >= 15 is 0 Å². The average Bonchev–Trinajstić information content (AvgIpc) is 2.15. The Labute approximate surface area is 127 Å². The van der Waals surface area contributed by atoms with Crippen LogP contribution in [0.5, 0.6) is 0 Å². The van der Waals surface area contributed by atoms with Crippen molar-refractivity contribution in [3.8, 4) is 0 Å². The monoisotopic (exact) mass is 423 g/mol. The van der Waals surface area contributed by atoms with Crippen LogP contribution in [0.3, 0.4) is 0 Å². The van der Waals surface area contributed by atoms with Crippen LogP contribution in [-0.4, -0.2) is 20.3 Å². The molecule has 0 unspecified atom stereocenters. The molecule has 0 spiro atoms. The first-order valence-corrected chi connectivity index (χ1v) is 8.74. The zero-order valence-corrected chi connectivity index (χ0v) is 14.0. The molecule has 0 saturated carbocycles. The summed E-state index contributed by atoms with van der Waals surface area (Å²) >= 11 is 18.2. The molecule has 0 aliphatic carbocycles. The molecule has 0 atom stereocenters. The van der Waals surface area contributed by atoms with Crippen LogP contribution in [0.2, 0.25) is 10.0 Å². The molecule has 1 aromatic rings. The molecule has 96 valence electrons. The highest BCUT2D eigenvalue weighted by molar-refractivity contribution is 9.10. The zero-order chi connectivity index (χ0) is 13.1. The van der Waals surface area contributed by atoms with Gasteiger partial charge in [-0.1, -0.05) is 55.1 Å². The zero-order valence-electron chi connectivity index (χ0n) is 8.51. The van der Waals surface area contributed by atoms with Crippen molar-refractivity contribution in [2.45, 2.75) is 11.3 Å². The minimum Gasteiger partial charge on any atom is -0.211 e. The lowest BCUT2D eigenvalue weighted by Gasteiger charge is -2.10. The molecule has 0 amide bonds. The summed E-state index contributed by atoms with van der Waals surface area (Å²) in [7, 11) is -3.67. The van der Waals surface area contributed by atoms with E-state index in [1.165, 1.54) is 12.1 Å². The second kappa shape index (κ2) is 6.73. The number of nitrogens with one attached hydrogen (secondary N) is 1. The molecule has 0 aromatic heterocycles. The van der Waals surface area contributed by atoms with E-state index in [4.69, 9.17) is 23.2 Å². The number of benzene rings is 1. The number of rotatable bonds is 5. The van der Waals surface area contributed by atoms with Crippen molar-refractivity contribution in [3.05, 3.63) is 26.7 Å². The van der Waals surface area contributed by atoms with Gasteiger partial charge in [-0.3, -0.25) is 0 Å². The average molecular weight is 426 g/mol. The van der Waals surface area contributed by atoms with Crippen LogP contribution < -0.4 is 4.72 Å². The van der Waals surface area contributed by atoms with Crippen LogP contribution >= 0.6 is 55.1 Å². The number of sulfonamides is 1. The van der Waals surface area contributed by atoms with Gasteiger partial charge in [-0.05, 0) is 18.6 Å². The molecule has 1 N–H and O–H groups in total. The van der Waals surface area contributed by atoms with Crippen molar-refractivity contribution in [1.29, 1.82) is 0 Å². The van der Waals surface area contributed by atoms with Crippen molar-refractivity contribution >= 4 is 65.1 Å². The molecule has 0 heterocycles. The summed E-state index contributed by atoms with van der Waals surface area (Å²) in [5.41, 5.74) is 0. The van der Waals surface area contributed by atoms with Gasteiger partial charge < -0.3 is 0 Å². The Morgan fingerprint density at radius 1 is 1.24 bits per heavy atom. The molecular weight excluding hydrogens is 417 g/mol. The van der Waals surface area contributed by atoms with Gasteiger partial charge in [-0.15, -0.1) is 0 Å². The number of halogens is 4. The van der Waals surface area contributed by atoms with E-state index in [9.17, 15) is 8.42 Å². The molecule has 0 aliphatic rings. The molecule has 0 bridgehead atoms. The maximum atomic E-state index is 11.9. The van der Waals surface area contributed by atoms with Crippen molar-refractivity contribution in [2.75, 3.05) is 11.9 Å². The quantitative estimate of drug-likeness (QED) is 0.575. The predicted octanol–water partition coefficient (Wildman–Crippen LogP) is 3.82. The topological polar surface area (TPSA) is 46.2 Å². The van der Waals surface area contributed by atoms with E-state index in [1.807, 2.05) is 0 Å². The maximum Gasteiger partial charge on any atom is 0.243 e. The lowest BCUT2D eigenvalue weighted by molar-refractivity contribution is 0.581. The van der Waals surface area contributed by atoms with E-state index < -0.39 is 10.0 Å². The van der Waals surface area contributed by atoms with Crippen molar-refractivity contribution in [1.82, 2.24) is 4.72 Å². The molecule has 1 aromatic carbocycles. The van der Waals surface area contributed by atoms with Gasteiger partial charge in [0.25, 0.3) is 0 Å². The van der Waals surface area contributed by atoms with Crippen molar-refractivity contribution < 1.29 is 8.42 Å². The molecule has 3 nitrogen and oxygen atoms in total. The normalized spacial score (nSPS) is 11.8. The third-order valence-corrected chi connectivity index (χ3v) is 5.23. The van der Waals surface area contributed by atoms with Crippen LogP contribution in [0.25, 0.3) is 0 Å². The minimum absolute atomic E-state index is 0.0846. The first-order valence-electron chi connectivity index (χ1n) is 4.58. The molecule has 1 rings (SSSR count). The van der Waals surface area contributed by atoms with Crippen LogP contribution in [0, 0.1) is 0 Å². The Morgan fingerprint density at radius 2 is 1.76 bits per heavy atom. The fourth-order valence-corrected chi connectivity index (χ4v) is 4.42. The van der Waals surface area contributed by atoms with E-state index in [2.05, 4.69) is 36.6 Å². The molecule has 17 heavy (non-hydrogen) atoms. The molecule has 0 saturated heterocycles. The van der Waals surface area contributed by atoms with E-state index in [-0.39, 0.29) is 14.9 Å². The Balaban J connectivity index is 3.07. The van der Waals surface area contributed by atoms with Gasteiger partial charge in [0.05, 0.1) is 10.0 Å². The SMILES string of the molecule is O=S(=O)(NCCCBr)c1c(Cl)cc(Br)cc1Cl. The Hall–Kier alpha value is 0.670. The maximum absolute atomic E-state index is 11.9. The van der Waals surface area contributed by atoms with Crippen molar-refractivity contribution in [3.63, 3.8) is 0 Å². The van der Waals surface area contributed by atoms with E-state index in [1.54, 1.807) is 0 Å².